The Balaban J connectivity index is 1.76. The number of fused-ring (bicyclic) bond motifs is 5. The maximum absolute atomic E-state index is 12.8. The number of hydrogen-bond acceptors (Lipinski definition) is 4. The molecule has 1 aliphatic heterocycles. The minimum Gasteiger partial charge on any atom is -0.491 e. The van der Waals surface area contributed by atoms with Gasteiger partial charge in [-0.05, 0) is 48.6 Å². The smallest absolute Gasteiger partial charge is 0.335 e. The first-order valence-electron chi connectivity index (χ1n) is 12.6. The molecule has 0 unspecified atom stereocenters. The molecule has 0 spiro atoms. The van der Waals surface area contributed by atoms with E-state index in [1.165, 1.54) is 24.8 Å². The summed E-state index contributed by atoms with van der Waals surface area (Å²) < 4.78 is 8.56. The second-order valence-corrected chi connectivity index (χ2v) is 9.75. The van der Waals surface area contributed by atoms with Gasteiger partial charge in [0.1, 0.15) is 12.4 Å². The van der Waals surface area contributed by atoms with Crippen LogP contribution < -0.4 is 10.5 Å². The van der Waals surface area contributed by atoms with Crippen molar-refractivity contribution in [2.24, 2.45) is 5.73 Å². The van der Waals surface area contributed by atoms with E-state index in [9.17, 15) is 14.7 Å². The molecule has 35 heavy (non-hydrogen) atoms. The van der Waals surface area contributed by atoms with Gasteiger partial charge in [-0.3, -0.25) is 4.79 Å². The van der Waals surface area contributed by atoms with Crippen LogP contribution >= 0.6 is 0 Å². The zero-order valence-electron chi connectivity index (χ0n) is 20.2. The average Bonchev–Trinajstić information content (AvgIpc) is 3.18. The lowest BCUT2D eigenvalue weighted by atomic mass is 9.81. The monoisotopic (exact) mass is 475 g/mol. The topological polar surface area (TPSA) is 97.8 Å². The van der Waals surface area contributed by atoms with E-state index in [-0.39, 0.29) is 23.9 Å². The molecule has 1 fully saturated rings. The summed E-state index contributed by atoms with van der Waals surface area (Å²) in [6.45, 7) is 1.16. The molecular weight excluding hydrogens is 442 g/mol. The fourth-order valence-electron chi connectivity index (χ4n) is 5.77. The maximum atomic E-state index is 12.8. The van der Waals surface area contributed by atoms with Crippen LogP contribution in [-0.2, 0) is 11.3 Å². The van der Waals surface area contributed by atoms with Crippen molar-refractivity contribution < 1.29 is 19.4 Å². The molecule has 3 N–H and O–H groups in total. The van der Waals surface area contributed by atoms with Crippen molar-refractivity contribution >= 4 is 22.8 Å². The number of aromatic carboxylic acids is 1. The molecule has 0 bridgehead atoms. The van der Waals surface area contributed by atoms with Crippen LogP contribution in [0.5, 0.6) is 5.75 Å². The Morgan fingerprint density at radius 3 is 2.66 bits per heavy atom. The Morgan fingerprint density at radius 1 is 1.14 bits per heavy atom. The van der Waals surface area contributed by atoms with Crippen LogP contribution in [0.1, 0.15) is 60.4 Å². The highest BCUT2D eigenvalue weighted by Crippen LogP contribution is 2.47. The van der Waals surface area contributed by atoms with Crippen molar-refractivity contribution in [3.63, 3.8) is 0 Å². The molecule has 184 valence electrons. The van der Waals surface area contributed by atoms with Crippen LogP contribution in [0.3, 0.4) is 0 Å². The van der Waals surface area contributed by atoms with Gasteiger partial charge in [-0.2, -0.15) is 0 Å². The van der Waals surface area contributed by atoms with Gasteiger partial charge in [0, 0.05) is 43.0 Å². The van der Waals surface area contributed by atoms with E-state index >= 15 is 0 Å². The van der Waals surface area contributed by atoms with Crippen LogP contribution in [0, 0.1) is 0 Å². The summed E-state index contributed by atoms with van der Waals surface area (Å²) in [6.07, 6.45) is 6.16. The third-order valence-corrected chi connectivity index (χ3v) is 7.63. The Kier molecular flexibility index (Phi) is 6.52. The van der Waals surface area contributed by atoms with E-state index in [4.69, 9.17) is 10.5 Å². The number of carboxylic acids is 1. The van der Waals surface area contributed by atoms with E-state index in [1.807, 2.05) is 24.3 Å². The lowest BCUT2D eigenvalue weighted by molar-refractivity contribution is -0.132. The molecule has 1 saturated carbocycles. The van der Waals surface area contributed by atoms with Crippen LogP contribution in [0.25, 0.3) is 22.2 Å². The number of amides is 1. The second-order valence-electron chi connectivity index (χ2n) is 9.75. The molecule has 3 aromatic rings. The molecule has 1 atom stereocenters. The summed E-state index contributed by atoms with van der Waals surface area (Å²) in [5, 5.41) is 10.8. The summed E-state index contributed by atoms with van der Waals surface area (Å²) in [4.78, 5) is 26.4. The lowest BCUT2D eigenvalue weighted by Gasteiger charge is -2.32. The summed E-state index contributed by atoms with van der Waals surface area (Å²) in [5.41, 5.74) is 10.2. The van der Waals surface area contributed by atoms with Crippen molar-refractivity contribution in [2.75, 3.05) is 20.2 Å². The van der Waals surface area contributed by atoms with Crippen molar-refractivity contribution in [1.82, 2.24) is 9.47 Å². The SMILES string of the molecule is CN(C(=O)CCN)[C@H]1COc2ccccc2-c2c(C3CCCCC3)c3ccc(C(=O)O)cc3n2C1. The molecule has 7 nitrogen and oxygen atoms in total. The van der Waals surface area contributed by atoms with Gasteiger partial charge in [-0.1, -0.05) is 37.5 Å². The highest BCUT2D eigenvalue weighted by molar-refractivity contribution is 5.98. The fourth-order valence-corrected chi connectivity index (χ4v) is 5.77. The van der Waals surface area contributed by atoms with Gasteiger partial charge < -0.3 is 25.0 Å². The minimum atomic E-state index is -0.942. The van der Waals surface area contributed by atoms with Crippen molar-refractivity contribution in [3.05, 3.63) is 53.6 Å². The molecule has 5 rings (SSSR count). The van der Waals surface area contributed by atoms with Gasteiger partial charge in [0.05, 0.1) is 17.3 Å². The number of rotatable bonds is 5. The molecular formula is C28H33N3O4. The van der Waals surface area contributed by atoms with E-state index in [2.05, 4.69) is 10.6 Å². The van der Waals surface area contributed by atoms with Crippen LogP contribution in [0.2, 0.25) is 0 Å². The Morgan fingerprint density at radius 2 is 1.91 bits per heavy atom. The molecule has 1 aliphatic carbocycles. The number of para-hydroxylation sites is 1. The summed E-state index contributed by atoms with van der Waals surface area (Å²) in [7, 11) is 1.80. The van der Waals surface area contributed by atoms with Crippen LogP contribution in [-0.4, -0.2) is 52.7 Å². The highest BCUT2D eigenvalue weighted by atomic mass is 16.5. The molecule has 2 heterocycles. The molecule has 2 aromatic carbocycles. The molecule has 2 aliphatic rings. The predicted molar refractivity (Wildman–Crippen MR) is 136 cm³/mol. The van der Waals surface area contributed by atoms with Gasteiger partial charge in [0.2, 0.25) is 5.91 Å². The summed E-state index contributed by atoms with van der Waals surface area (Å²) in [6, 6.07) is 13.3. The standard InChI is InChI=1S/C28H33N3O4/c1-30(25(32)13-14-29)20-16-31-23-15-19(28(33)34)11-12-21(23)26(18-7-3-2-4-8-18)27(31)22-9-5-6-10-24(22)35-17-20/h5-6,9-12,15,18,20H,2-4,7-8,13-14,16-17,29H2,1H3,(H,33,34)/t20-/m1/s1. The number of benzene rings is 2. The second kappa shape index (κ2) is 9.74. The van der Waals surface area contributed by atoms with Crippen LogP contribution in [0.15, 0.2) is 42.5 Å². The largest absolute Gasteiger partial charge is 0.491 e. The Hall–Kier alpha value is -3.32. The fraction of sp³-hybridized carbons (Fsp3) is 0.429. The number of carbonyl (C=O) groups excluding carboxylic acids is 1. The number of likely N-dealkylation sites (N-methyl/N-ethyl adjacent to an activating group) is 1. The first-order chi connectivity index (χ1) is 17.0. The van der Waals surface area contributed by atoms with Crippen molar-refractivity contribution in [3.8, 4) is 17.0 Å². The van der Waals surface area contributed by atoms with Gasteiger partial charge in [-0.15, -0.1) is 0 Å². The maximum Gasteiger partial charge on any atom is 0.335 e. The van der Waals surface area contributed by atoms with E-state index < -0.39 is 5.97 Å². The van der Waals surface area contributed by atoms with Crippen LogP contribution in [0.4, 0.5) is 0 Å². The molecule has 7 heteroatoms. The quantitative estimate of drug-likeness (QED) is 0.561. The number of carboxylic acid groups (broad SMARTS) is 1. The number of aromatic nitrogens is 1. The normalized spacial score (nSPS) is 18.2. The first-order valence-corrected chi connectivity index (χ1v) is 12.6. The zero-order valence-corrected chi connectivity index (χ0v) is 20.2. The third kappa shape index (κ3) is 4.29. The number of nitrogens with two attached hydrogens (primary N) is 1. The first kappa shape index (κ1) is 23.4. The predicted octanol–water partition coefficient (Wildman–Crippen LogP) is 4.62. The summed E-state index contributed by atoms with van der Waals surface area (Å²) in [5.74, 6) is 0.229. The molecule has 1 aromatic heterocycles. The molecule has 1 amide bonds. The van der Waals surface area contributed by atoms with Gasteiger partial charge in [0.25, 0.3) is 0 Å². The molecule has 0 radical (unpaired) electrons. The molecule has 0 saturated heterocycles. The highest BCUT2D eigenvalue weighted by Gasteiger charge is 2.32. The number of nitrogens with zero attached hydrogens (tertiary/aromatic N) is 2. The third-order valence-electron chi connectivity index (χ3n) is 7.63. The lowest BCUT2D eigenvalue weighted by Crippen LogP contribution is -2.44. The van der Waals surface area contributed by atoms with Gasteiger partial charge in [0.15, 0.2) is 0 Å². The van der Waals surface area contributed by atoms with Gasteiger partial charge in [-0.25, -0.2) is 4.79 Å². The number of carbonyl (C=O) groups is 2. The van der Waals surface area contributed by atoms with E-state index in [0.717, 1.165) is 40.8 Å². The minimum absolute atomic E-state index is 0.0216. The average molecular weight is 476 g/mol. The number of hydrogen-bond donors (Lipinski definition) is 2. The van der Waals surface area contributed by atoms with Crippen molar-refractivity contribution in [2.45, 2.75) is 57.0 Å². The Labute approximate surface area is 205 Å². The zero-order chi connectivity index (χ0) is 24.5. The van der Waals surface area contributed by atoms with E-state index in [1.54, 1.807) is 24.1 Å². The van der Waals surface area contributed by atoms with E-state index in [0.29, 0.717) is 25.6 Å². The number of ether oxygens (including phenoxy) is 1. The Bertz CT molecular complexity index is 1260. The van der Waals surface area contributed by atoms with Gasteiger partial charge >= 0.3 is 5.97 Å². The summed E-state index contributed by atoms with van der Waals surface area (Å²) >= 11 is 0. The van der Waals surface area contributed by atoms with Crippen molar-refractivity contribution in [1.29, 1.82) is 0 Å².